The van der Waals surface area contributed by atoms with E-state index in [1.54, 1.807) is 0 Å². The van der Waals surface area contributed by atoms with Crippen molar-refractivity contribution in [2.45, 2.75) is 70.4 Å². The highest BCUT2D eigenvalue weighted by molar-refractivity contribution is 9.11. The van der Waals surface area contributed by atoms with Gasteiger partial charge < -0.3 is 9.33 Å². The number of likely N-dealkylation sites (tertiary alicyclic amines) is 1. The minimum absolute atomic E-state index is 0.0716. The fraction of sp³-hybridized carbons (Fsp3) is 0.452. The molecule has 5 heteroatoms. The molecule has 0 aromatic heterocycles. The summed E-state index contributed by atoms with van der Waals surface area (Å²) in [5, 5.41) is 2.41. The molecule has 2 aromatic rings. The lowest BCUT2D eigenvalue weighted by Crippen LogP contribution is -2.67. The van der Waals surface area contributed by atoms with Crippen molar-refractivity contribution >= 4 is 40.5 Å². The Balaban J connectivity index is 2.05. The highest BCUT2D eigenvalue weighted by Gasteiger charge is 2.51. The molecule has 1 aliphatic rings. The van der Waals surface area contributed by atoms with Crippen molar-refractivity contribution < 1.29 is 9.22 Å². The van der Waals surface area contributed by atoms with Gasteiger partial charge in [0.1, 0.15) is 0 Å². The number of rotatable bonds is 12. The van der Waals surface area contributed by atoms with Crippen LogP contribution in [0.25, 0.3) is 0 Å². The molecule has 1 aliphatic heterocycles. The lowest BCUT2D eigenvalue weighted by molar-refractivity contribution is -0.135. The van der Waals surface area contributed by atoms with Crippen LogP contribution >= 0.6 is 15.9 Å². The zero-order valence-electron chi connectivity index (χ0n) is 22.2. The molecule has 2 atom stereocenters. The monoisotopic (exact) mass is 567 g/mol. The van der Waals surface area contributed by atoms with Crippen LogP contribution < -0.4 is 10.4 Å². The molecular formula is C31H42BrNO2Si. The third-order valence-corrected chi connectivity index (χ3v) is 12.7. The summed E-state index contributed by atoms with van der Waals surface area (Å²) in [4.78, 5) is 15.6. The highest BCUT2D eigenvalue weighted by Crippen LogP contribution is 2.39. The molecule has 1 amide bonds. The summed E-state index contributed by atoms with van der Waals surface area (Å²) < 4.78 is 8.35. The van der Waals surface area contributed by atoms with E-state index in [0.717, 1.165) is 43.3 Å². The fourth-order valence-electron chi connectivity index (χ4n) is 5.52. The lowest BCUT2D eigenvalue weighted by Gasteiger charge is -2.45. The largest absolute Gasteiger partial charge is 0.404 e. The van der Waals surface area contributed by atoms with Crippen LogP contribution in [0.1, 0.15) is 59.3 Å². The molecule has 1 unspecified atom stereocenters. The van der Waals surface area contributed by atoms with Gasteiger partial charge in [0.25, 0.3) is 8.32 Å². The Morgan fingerprint density at radius 2 is 1.58 bits per heavy atom. The van der Waals surface area contributed by atoms with Crippen LogP contribution in [0.4, 0.5) is 0 Å². The van der Waals surface area contributed by atoms with Gasteiger partial charge in [-0.25, -0.2) is 0 Å². The molecule has 3 rings (SSSR count). The number of halogens is 1. The molecule has 1 fully saturated rings. The summed E-state index contributed by atoms with van der Waals surface area (Å²) in [5.74, 6) is 0.0887. The van der Waals surface area contributed by atoms with Crippen LogP contribution in [0.5, 0.6) is 0 Å². The van der Waals surface area contributed by atoms with Crippen molar-refractivity contribution in [2.24, 2.45) is 5.92 Å². The number of carbonyl (C=O) groups excluding carboxylic acids is 1. The molecular weight excluding hydrogens is 526 g/mol. The maximum atomic E-state index is 13.6. The van der Waals surface area contributed by atoms with E-state index >= 15 is 0 Å². The van der Waals surface area contributed by atoms with Crippen LogP contribution in [0, 0.1) is 5.92 Å². The van der Waals surface area contributed by atoms with E-state index in [1.165, 1.54) is 10.4 Å². The average molecular weight is 569 g/mol. The number of benzene rings is 2. The number of nitrogens with zero attached hydrogens (tertiary/aromatic N) is 1. The van der Waals surface area contributed by atoms with Gasteiger partial charge in [-0.05, 0) is 58.4 Å². The number of allylic oxidation sites excluding steroid dienone is 2. The van der Waals surface area contributed by atoms with Gasteiger partial charge in [-0.1, -0.05) is 110 Å². The van der Waals surface area contributed by atoms with Crippen LogP contribution in [0.2, 0.25) is 5.04 Å². The summed E-state index contributed by atoms with van der Waals surface area (Å²) in [5.41, 5.74) is 0. The third kappa shape index (κ3) is 6.87. The second-order valence-electron chi connectivity index (χ2n) is 11.0. The predicted octanol–water partition coefficient (Wildman–Crippen LogP) is 6.83. The van der Waals surface area contributed by atoms with Gasteiger partial charge in [0, 0.05) is 25.1 Å². The molecule has 0 spiro atoms. The topological polar surface area (TPSA) is 29.5 Å². The van der Waals surface area contributed by atoms with Crippen molar-refractivity contribution in [3.05, 3.63) is 84.4 Å². The number of amides is 1. The van der Waals surface area contributed by atoms with E-state index in [0.29, 0.717) is 12.8 Å². The normalized spacial score (nSPS) is 15.9. The van der Waals surface area contributed by atoms with Crippen molar-refractivity contribution in [1.29, 1.82) is 0 Å². The van der Waals surface area contributed by atoms with E-state index in [9.17, 15) is 4.79 Å². The first kappa shape index (κ1) is 28.6. The van der Waals surface area contributed by atoms with Crippen LogP contribution in [0.15, 0.2) is 84.4 Å². The molecule has 0 bridgehead atoms. The van der Waals surface area contributed by atoms with E-state index in [4.69, 9.17) is 4.43 Å². The van der Waals surface area contributed by atoms with Gasteiger partial charge in [-0.15, -0.1) is 6.58 Å². The van der Waals surface area contributed by atoms with Gasteiger partial charge in [-0.2, -0.15) is 0 Å². The first-order valence-electron chi connectivity index (χ1n) is 13.2. The molecule has 1 saturated heterocycles. The molecule has 2 aromatic carbocycles. The summed E-state index contributed by atoms with van der Waals surface area (Å²) in [6.45, 7) is 16.7. The molecule has 194 valence electrons. The van der Waals surface area contributed by atoms with Crippen molar-refractivity contribution in [3.63, 3.8) is 0 Å². The number of hydrogen-bond donors (Lipinski definition) is 0. The molecule has 0 radical (unpaired) electrons. The molecule has 1 heterocycles. The number of hydrogen-bond acceptors (Lipinski definition) is 2. The first-order valence-corrected chi connectivity index (χ1v) is 15.9. The lowest BCUT2D eigenvalue weighted by atomic mass is 9.94. The smallest absolute Gasteiger partial charge is 0.261 e. The van der Waals surface area contributed by atoms with Gasteiger partial charge in [-0.3, -0.25) is 4.79 Å². The zero-order chi connectivity index (χ0) is 26.2. The zero-order valence-corrected chi connectivity index (χ0v) is 24.8. The molecule has 0 saturated carbocycles. The van der Waals surface area contributed by atoms with Crippen LogP contribution in [-0.2, 0) is 9.22 Å². The Labute approximate surface area is 227 Å². The van der Waals surface area contributed by atoms with Gasteiger partial charge >= 0.3 is 0 Å². The highest BCUT2D eigenvalue weighted by atomic mass is 79.9. The Morgan fingerprint density at radius 3 is 2.03 bits per heavy atom. The van der Waals surface area contributed by atoms with Gasteiger partial charge in [0.2, 0.25) is 5.91 Å². The minimum Gasteiger partial charge on any atom is -0.404 e. The minimum atomic E-state index is -2.73. The summed E-state index contributed by atoms with van der Waals surface area (Å²) >= 11 is 3.55. The summed E-state index contributed by atoms with van der Waals surface area (Å²) in [6, 6.07) is 21.5. The Morgan fingerprint density at radius 1 is 1.06 bits per heavy atom. The maximum Gasteiger partial charge on any atom is 0.261 e. The molecule has 0 N–H and O–H groups in total. The standard InChI is InChI=1S/C31H42BrNO2Si/c1-6-7-16-27(24-26(23-25(2)32)30(34)33-21-14-15-22-33)35-36(31(3,4)5,28-17-10-8-11-18-28)29-19-12-9-13-20-29/h6,8-13,17-20,26-27H,1-2,7,14-16,21-24H2,3-5H3/t26?,27-/m0/s1. The number of carbonyl (C=O) groups is 1. The Bertz CT molecular complexity index is 957. The Kier molecular flexibility index (Phi) is 10.4. The third-order valence-electron chi connectivity index (χ3n) is 7.24. The predicted molar refractivity (Wildman–Crippen MR) is 159 cm³/mol. The SMILES string of the molecule is C=CCC[C@@H](CC(CC(=C)Br)C(=O)N1CCCC1)O[Si](c1ccccc1)(c1ccccc1)C(C)(C)C. The molecule has 3 nitrogen and oxygen atoms in total. The quantitative estimate of drug-likeness (QED) is 0.208. The van der Waals surface area contributed by atoms with E-state index < -0.39 is 8.32 Å². The molecule has 36 heavy (non-hydrogen) atoms. The van der Waals surface area contributed by atoms with Crippen LogP contribution in [0.3, 0.4) is 0 Å². The first-order chi connectivity index (χ1) is 17.2. The second-order valence-corrected chi connectivity index (χ2v) is 16.3. The van der Waals surface area contributed by atoms with Crippen molar-refractivity contribution in [3.8, 4) is 0 Å². The van der Waals surface area contributed by atoms with Crippen LogP contribution in [-0.4, -0.2) is 38.3 Å². The van der Waals surface area contributed by atoms with E-state index in [-0.39, 0.29) is 23.0 Å². The summed E-state index contributed by atoms with van der Waals surface area (Å²) in [7, 11) is -2.73. The maximum absolute atomic E-state index is 13.6. The van der Waals surface area contributed by atoms with Crippen molar-refractivity contribution in [2.75, 3.05) is 13.1 Å². The van der Waals surface area contributed by atoms with Gasteiger partial charge in [0.05, 0.1) is 0 Å². The van der Waals surface area contributed by atoms with E-state index in [2.05, 4.69) is 111 Å². The van der Waals surface area contributed by atoms with Gasteiger partial charge in [0.15, 0.2) is 0 Å². The Hall–Kier alpha value is -1.95. The van der Waals surface area contributed by atoms with E-state index in [1.807, 2.05) is 11.0 Å². The average Bonchev–Trinajstić information content (AvgIpc) is 3.40. The molecule has 0 aliphatic carbocycles. The summed E-state index contributed by atoms with van der Waals surface area (Å²) in [6.07, 6.45) is 7.07. The van der Waals surface area contributed by atoms with Crippen molar-refractivity contribution in [1.82, 2.24) is 4.90 Å². The second kappa shape index (κ2) is 13.0. The fourth-order valence-corrected chi connectivity index (χ4v) is 10.6.